The molecule has 0 bridgehead atoms. The number of carbonyl (C=O) groups is 1. The monoisotopic (exact) mass is 224 g/mol. The summed E-state index contributed by atoms with van der Waals surface area (Å²) < 4.78 is 0. The Bertz CT molecular complexity index is 259. The predicted molar refractivity (Wildman–Crippen MR) is 65.2 cm³/mol. The third-order valence-corrected chi connectivity index (χ3v) is 4.11. The van der Waals surface area contributed by atoms with Gasteiger partial charge in [-0.05, 0) is 45.1 Å². The van der Waals surface area contributed by atoms with E-state index in [2.05, 4.69) is 24.5 Å². The zero-order valence-electron chi connectivity index (χ0n) is 10.5. The fourth-order valence-corrected chi connectivity index (χ4v) is 2.97. The number of hydrogen-bond donors (Lipinski definition) is 2. The molecule has 16 heavy (non-hydrogen) atoms. The van der Waals surface area contributed by atoms with Gasteiger partial charge in [-0.3, -0.25) is 4.79 Å². The van der Waals surface area contributed by atoms with Gasteiger partial charge in [-0.25, -0.2) is 0 Å². The van der Waals surface area contributed by atoms with Gasteiger partial charge in [0, 0.05) is 5.54 Å². The number of rotatable bonds is 2. The maximum absolute atomic E-state index is 12.1. The molecule has 1 amide bonds. The lowest BCUT2D eigenvalue weighted by Crippen LogP contribution is -2.54. The molecule has 2 N–H and O–H groups in total. The summed E-state index contributed by atoms with van der Waals surface area (Å²) in [6.07, 6.45) is 6.97. The summed E-state index contributed by atoms with van der Waals surface area (Å²) in [7, 11) is 0. The molecule has 0 aromatic heterocycles. The molecule has 2 atom stereocenters. The zero-order chi connectivity index (χ0) is 11.6. The molecule has 1 aliphatic carbocycles. The van der Waals surface area contributed by atoms with Crippen molar-refractivity contribution in [2.24, 2.45) is 5.92 Å². The van der Waals surface area contributed by atoms with E-state index in [1.807, 2.05) is 0 Å². The summed E-state index contributed by atoms with van der Waals surface area (Å²) >= 11 is 0. The van der Waals surface area contributed by atoms with Crippen molar-refractivity contribution in [2.45, 2.75) is 64.0 Å². The molecule has 1 saturated heterocycles. The Balaban J connectivity index is 1.87. The lowest BCUT2D eigenvalue weighted by atomic mass is 9.92. The molecule has 3 heteroatoms. The normalized spacial score (nSPS) is 33.6. The van der Waals surface area contributed by atoms with Gasteiger partial charge < -0.3 is 10.6 Å². The maximum Gasteiger partial charge on any atom is 0.237 e. The van der Waals surface area contributed by atoms with Crippen LogP contribution < -0.4 is 10.6 Å². The van der Waals surface area contributed by atoms with Crippen LogP contribution >= 0.6 is 0 Å². The number of carbonyl (C=O) groups excluding carboxylic acids is 1. The Morgan fingerprint density at radius 1 is 1.38 bits per heavy atom. The third kappa shape index (κ3) is 2.76. The Kier molecular flexibility index (Phi) is 3.53. The Morgan fingerprint density at radius 3 is 2.69 bits per heavy atom. The second kappa shape index (κ2) is 4.74. The van der Waals surface area contributed by atoms with Crippen LogP contribution in [0.2, 0.25) is 0 Å². The van der Waals surface area contributed by atoms with Gasteiger partial charge in [-0.1, -0.05) is 19.8 Å². The molecule has 2 rings (SSSR count). The second-order valence-electron chi connectivity index (χ2n) is 5.89. The van der Waals surface area contributed by atoms with Crippen LogP contribution in [0.25, 0.3) is 0 Å². The minimum Gasteiger partial charge on any atom is -0.350 e. The van der Waals surface area contributed by atoms with Crippen molar-refractivity contribution in [2.75, 3.05) is 6.54 Å². The number of nitrogens with one attached hydrogen (secondary N) is 2. The van der Waals surface area contributed by atoms with Gasteiger partial charge in [0.25, 0.3) is 0 Å². The van der Waals surface area contributed by atoms with Gasteiger partial charge in [0.05, 0.1) is 6.04 Å². The number of amides is 1. The molecular weight excluding hydrogens is 200 g/mol. The van der Waals surface area contributed by atoms with Crippen molar-refractivity contribution >= 4 is 5.91 Å². The van der Waals surface area contributed by atoms with Gasteiger partial charge in [0.1, 0.15) is 0 Å². The minimum absolute atomic E-state index is 0.0428. The van der Waals surface area contributed by atoms with Crippen LogP contribution in [-0.4, -0.2) is 24.0 Å². The molecule has 1 aliphatic heterocycles. The van der Waals surface area contributed by atoms with E-state index >= 15 is 0 Å². The Morgan fingerprint density at radius 2 is 2.06 bits per heavy atom. The molecule has 3 nitrogen and oxygen atoms in total. The van der Waals surface area contributed by atoms with Crippen molar-refractivity contribution < 1.29 is 4.79 Å². The van der Waals surface area contributed by atoms with Crippen LogP contribution in [-0.2, 0) is 4.79 Å². The second-order valence-corrected chi connectivity index (χ2v) is 5.89. The average Bonchev–Trinajstić information content (AvgIpc) is 2.65. The SMILES string of the molecule is CC1CCNC(C(=O)NC2(C)CCCC2)C1. The van der Waals surface area contributed by atoms with E-state index in [1.54, 1.807) is 0 Å². The highest BCUT2D eigenvalue weighted by molar-refractivity contribution is 5.82. The van der Waals surface area contributed by atoms with Gasteiger partial charge in [-0.15, -0.1) is 0 Å². The van der Waals surface area contributed by atoms with Gasteiger partial charge in [-0.2, -0.15) is 0 Å². The van der Waals surface area contributed by atoms with Gasteiger partial charge >= 0.3 is 0 Å². The number of hydrogen-bond acceptors (Lipinski definition) is 2. The molecule has 2 fully saturated rings. The van der Waals surface area contributed by atoms with Crippen molar-refractivity contribution in [1.82, 2.24) is 10.6 Å². The van der Waals surface area contributed by atoms with E-state index in [-0.39, 0.29) is 17.5 Å². The van der Waals surface area contributed by atoms with E-state index in [0.717, 1.165) is 25.8 Å². The smallest absolute Gasteiger partial charge is 0.237 e. The van der Waals surface area contributed by atoms with Crippen LogP contribution in [0.1, 0.15) is 52.4 Å². The highest BCUT2D eigenvalue weighted by Gasteiger charge is 2.33. The van der Waals surface area contributed by atoms with Crippen LogP contribution in [0.3, 0.4) is 0 Å². The third-order valence-electron chi connectivity index (χ3n) is 4.11. The number of piperidine rings is 1. The Labute approximate surface area is 98.4 Å². The summed E-state index contributed by atoms with van der Waals surface area (Å²) in [6.45, 7) is 5.40. The first-order valence-electron chi connectivity index (χ1n) is 6.64. The van der Waals surface area contributed by atoms with Crippen molar-refractivity contribution in [1.29, 1.82) is 0 Å². The van der Waals surface area contributed by atoms with E-state index in [4.69, 9.17) is 0 Å². The molecular formula is C13H24N2O. The molecule has 2 unspecified atom stereocenters. The average molecular weight is 224 g/mol. The van der Waals surface area contributed by atoms with Crippen molar-refractivity contribution in [3.63, 3.8) is 0 Å². The lowest BCUT2D eigenvalue weighted by Gasteiger charge is -2.32. The van der Waals surface area contributed by atoms with Crippen LogP contribution in [0.4, 0.5) is 0 Å². The molecule has 0 aromatic carbocycles. The molecule has 1 heterocycles. The predicted octanol–water partition coefficient (Wildman–Crippen LogP) is 1.82. The summed E-state index contributed by atoms with van der Waals surface area (Å²) in [6, 6.07) is 0.0428. The summed E-state index contributed by atoms with van der Waals surface area (Å²) in [4.78, 5) is 12.1. The van der Waals surface area contributed by atoms with E-state index < -0.39 is 0 Å². The summed E-state index contributed by atoms with van der Waals surface area (Å²) in [5.74, 6) is 0.893. The first kappa shape index (κ1) is 11.9. The zero-order valence-corrected chi connectivity index (χ0v) is 10.5. The van der Waals surface area contributed by atoms with E-state index in [0.29, 0.717) is 5.92 Å². The quantitative estimate of drug-likeness (QED) is 0.751. The van der Waals surface area contributed by atoms with Crippen molar-refractivity contribution in [3.05, 3.63) is 0 Å². The summed E-state index contributed by atoms with van der Waals surface area (Å²) in [5, 5.41) is 6.57. The standard InChI is InChI=1S/C13H24N2O/c1-10-5-8-14-11(9-10)12(16)15-13(2)6-3-4-7-13/h10-11,14H,3-9H2,1-2H3,(H,15,16). The largest absolute Gasteiger partial charge is 0.350 e. The molecule has 0 spiro atoms. The fourth-order valence-electron chi connectivity index (χ4n) is 2.97. The lowest BCUT2D eigenvalue weighted by molar-refractivity contribution is -0.125. The van der Waals surface area contributed by atoms with E-state index in [1.165, 1.54) is 19.3 Å². The molecule has 92 valence electrons. The molecule has 0 aromatic rings. The molecule has 0 radical (unpaired) electrons. The van der Waals surface area contributed by atoms with E-state index in [9.17, 15) is 4.79 Å². The maximum atomic E-state index is 12.1. The minimum atomic E-state index is 0.0428. The van der Waals surface area contributed by atoms with Gasteiger partial charge in [0.15, 0.2) is 0 Å². The first-order chi connectivity index (χ1) is 7.59. The van der Waals surface area contributed by atoms with Crippen LogP contribution in [0.5, 0.6) is 0 Å². The first-order valence-corrected chi connectivity index (χ1v) is 6.64. The van der Waals surface area contributed by atoms with Crippen LogP contribution in [0, 0.1) is 5.92 Å². The summed E-state index contributed by atoms with van der Waals surface area (Å²) in [5.41, 5.74) is 0.0689. The topological polar surface area (TPSA) is 41.1 Å². The Hall–Kier alpha value is -0.570. The van der Waals surface area contributed by atoms with Crippen molar-refractivity contribution in [3.8, 4) is 0 Å². The van der Waals surface area contributed by atoms with Crippen LogP contribution in [0.15, 0.2) is 0 Å². The van der Waals surface area contributed by atoms with Gasteiger partial charge in [0.2, 0.25) is 5.91 Å². The highest BCUT2D eigenvalue weighted by atomic mass is 16.2. The fraction of sp³-hybridized carbons (Fsp3) is 0.923. The molecule has 1 saturated carbocycles. The highest BCUT2D eigenvalue weighted by Crippen LogP contribution is 2.29. The molecule has 2 aliphatic rings.